The Bertz CT molecular complexity index is 880. The minimum atomic E-state index is -4.56. The predicted molar refractivity (Wildman–Crippen MR) is 224 cm³/mol. The third kappa shape index (κ3) is 39.3. The van der Waals surface area contributed by atoms with Gasteiger partial charge in [-0.3, -0.25) is 9.36 Å². The van der Waals surface area contributed by atoms with Gasteiger partial charge in [0.05, 0.1) is 39.9 Å². The van der Waals surface area contributed by atoms with Crippen LogP contribution in [0, 0.1) is 0 Å². The summed E-state index contributed by atoms with van der Waals surface area (Å²) in [6.07, 6.45) is 40.7. The Kier molecular flexibility index (Phi) is 36.3. The van der Waals surface area contributed by atoms with Gasteiger partial charge in [0.15, 0.2) is 0 Å². The SMILES string of the molecule is CCCCCCCCCCCCC/C=C/CCCC[C@@H](O)[C@H](COP(=O)([O-])OCC[N+](C)(C)C)NC(=O)CCCCCCCCCCCCCCCC. The van der Waals surface area contributed by atoms with E-state index < -0.39 is 20.0 Å². The van der Waals surface area contributed by atoms with Crippen LogP contribution in [0.25, 0.3) is 0 Å². The van der Waals surface area contributed by atoms with Crippen molar-refractivity contribution >= 4 is 13.7 Å². The van der Waals surface area contributed by atoms with Crippen molar-refractivity contribution in [3.63, 3.8) is 0 Å². The van der Waals surface area contributed by atoms with Gasteiger partial charge >= 0.3 is 0 Å². The number of hydrogen-bond acceptors (Lipinski definition) is 6. The maximum absolute atomic E-state index is 12.8. The molecule has 53 heavy (non-hydrogen) atoms. The summed E-state index contributed by atoms with van der Waals surface area (Å²) in [5.74, 6) is -0.173. The number of carbonyl (C=O) groups excluding carboxylic acids is 1. The number of aliphatic hydroxyl groups is 1. The van der Waals surface area contributed by atoms with Crippen LogP contribution < -0.4 is 10.2 Å². The molecule has 0 spiro atoms. The lowest BCUT2D eigenvalue weighted by Gasteiger charge is -2.30. The molecule has 2 N–H and O–H groups in total. The molecular formula is C44H89N2O6P. The first-order chi connectivity index (χ1) is 25.5. The van der Waals surface area contributed by atoms with Crippen molar-refractivity contribution in [3.05, 3.63) is 12.2 Å². The van der Waals surface area contributed by atoms with Gasteiger partial charge in [-0.25, -0.2) is 0 Å². The molecule has 0 aliphatic rings. The minimum Gasteiger partial charge on any atom is -0.756 e. The summed E-state index contributed by atoms with van der Waals surface area (Å²) in [4.78, 5) is 25.3. The van der Waals surface area contributed by atoms with E-state index in [-0.39, 0.29) is 19.1 Å². The molecule has 9 heteroatoms. The molecule has 0 bridgehead atoms. The largest absolute Gasteiger partial charge is 0.756 e. The Balaban J connectivity index is 4.38. The number of unbranched alkanes of at least 4 members (excludes halogenated alkanes) is 26. The van der Waals surface area contributed by atoms with Gasteiger partial charge in [-0.15, -0.1) is 0 Å². The number of nitrogens with zero attached hydrogens (tertiary/aromatic N) is 1. The molecule has 0 rings (SSSR count). The summed E-state index contributed by atoms with van der Waals surface area (Å²) >= 11 is 0. The van der Waals surface area contributed by atoms with E-state index in [9.17, 15) is 19.4 Å². The van der Waals surface area contributed by atoms with Gasteiger partial charge in [-0.2, -0.15) is 0 Å². The van der Waals surface area contributed by atoms with Crippen molar-refractivity contribution < 1.29 is 32.9 Å². The number of likely N-dealkylation sites (N-methyl/N-ethyl adjacent to an activating group) is 1. The molecule has 3 atom stereocenters. The van der Waals surface area contributed by atoms with E-state index in [1.54, 1.807) is 0 Å². The molecule has 1 amide bonds. The van der Waals surface area contributed by atoms with Crippen LogP contribution in [0.4, 0.5) is 0 Å². The maximum atomic E-state index is 12.8. The molecule has 0 saturated carbocycles. The van der Waals surface area contributed by atoms with Crippen LogP contribution in [0.2, 0.25) is 0 Å². The summed E-state index contributed by atoms with van der Waals surface area (Å²) in [6, 6.07) is -0.810. The number of rotatable bonds is 41. The molecule has 0 aromatic rings. The van der Waals surface area contributed by atoms with Crippen molar-refractivity contribution in [2.45, 2.75) is 225 Å². The summed E-state index contributed by atoms with van der Waals surface area (Å²) in [6.45, 7) is 4.71. The van der Waals surface area contributed by atoms with Gasteiger partial charge in [0.2, 0.25) is 5.91 Å². The highest BCUT2D eigenvalue weighted by Gasteiger charge is 2.24. The molecule has 0 saturated heterocycles. The number of phosphoric acid groups is 1. The average molecular weight is 773 g/mol. The predicted octanol–water partition coefficient (Wildman–Crippen LogP) is 11.7. The lowest BCUT2D eigenvalue weighted by Crippen LogP contribution is -2.46. The van der Waals surface area contributed by atoms with Crippen molar-refractivity contribution in [2.24, 2.45) is 0 Å². The lowest BCUT2D eigenvalue weighted by molar-refractivity contribution is -0.870. The second kappa shape index (κ2) is 36.9. The van der Waals surface area contributed by atoms with E-state index in [0.717, 1.165) is 44.9 Å². The Morgan fingerprint density at radius 2 is 1.04 bits per heavy atom. The van der Waals surface area contributed by atoms with E-state index in [4.69, 9.17) is 9.05 Å². The second-order valence-corrected chi connectivity index (χ2v) is 18.2. The first-order valence-corrected chi connectivity index (χ1v) is 24.0. The van der Waals surface area contributed by atoms with Gasteiger partial charge in [0, 0.05) is 6.42 Å². The van der Waals surface area contributed by atoms with Crippen molar-refractivity contribution in [1.29, 1.82) is 0 Å². The third-order valence-corrected chi connectivity index (χ3v) is 11.2. The van der Waals surface area contributed by atoms with Crippen LogP contribution in [0.15, 0.2) is 12.2 Å². The van der Waals surface area contributed by atoms with E-state index in [1.165, 1.54) is 141 Å². The van der Waals surface area contributed by atoms with Crippen LogP contribution in [0.3, 0.4) is 0 Å². The summed E-state index contributed by atoms with van der Waals surface area (Å²) in [5.41, 5.74) is 0. The minimum absolute atomic E-state index is 0.00968. The second-order valence-electron chi connectivity index (χ2n) is 16.8. The van der Waals surface area contributed by atoms with Crippen molar-refractivity contribution in [1.82, 2.24) is 5.32 Å². The molecule has 0 aromatic heterocycles. The highest BCUT2D eigenvalue weighted by Crippen LogP contribution is 2.38. The molecule has 8 nitrogen and oxygen atoms in total. The van der Waals surface area contributed by atoms with Crippen LogP contribution in [0.5, 0.6) is 0 Å². The van der Waals surface area contributed by atoms with Crippen LogP contribution in [-0.4, -0.2) is 68.5 Å². The van der Waals surface area contributed by atoms with Crippen molar-refractivity contribution in [3.8, 4) is 0 Å². The van der Waals surface area contributed by atoms with Gasteiger partial charge < -0.3 is 28.8 Å². The number of aliphatic hydroxyl groups excluding tert-OH is 1. The van der Waals surface area contributed by atoms with Gasteiger partial charge in [0.1, 0.15) is 13.2 Å². The fourth-order valence-electron chi connectivity index (χ4n) is 6.62. The van der Waals surface area contributed by atoms with Gasteiger partial charge in [-0.1, -0.05) is 180 Å². The fourth-order valence-corrected chi connectivity index (χ4v) is 7.35. The number of quaternary nitrogens is 1. The number of hydrogen-bond donors (Lipinski definition) is 2. The molecule has 0 fully saturated rings. The monoisotopic (exact) mass is 773 g/mol. The zero-order valence-corrected chi connectivity index (χ0v) is 36.6. The molecular weight excluding hydrogens is 683 g/mol. The summed E-state index contributed by atoms with van der Waals surface area (Å²) < 4.78 is 23.2. The normalized spacial score (nSPS) is 14.5. The summed E-state index contributed by atoms with van der Waals surface area (Å²) in [5, 5.41) is 13.9. The number of amides is 1. The number of allylic oxidation sites excluding steroid dienone is 2. The fraction of sp³-hybridized carbons (Fsp3) is 0.932. The van der Waals surface area contributed by atoms with Crippen molar-refractivity contribution in [2.75, 3.05) is 40.9 Å². The van der Waals surface area contributed by atoms with Crippen LogP contribution in [-0.2, 0) is 18.4 Å². The Morgan fingerprint density at radius 1 is 0.642 bits per heavy atom. The van der Waals surface area contributed by atoms with E-state index >= 15 is 0 Å². The van der Waals surface area contributed by atoms with Gasteiger partial charge in [0.25, 0.3) is 7.82 Å². The lowest BCUT2D eigenvalue weighted by atomic mass is 10.0. The molecule has 0 heterocycles. The highest BCUT2D eigenvalue weighted by atomic mass is 31.2. The summed E-state index contributed by atoms with van der Waals surface area (Å²) in [7, 11) is 1.30. The smallest absolute Gasteiger partial charge is 0.268 e. The zero-order chi connectivity index (χ0) is 39.3. The molecule has 0 aliphatic heterocycles. The quantitative estimate of drug-likeness (QED) is 0.0277. The molecule has 316 valence electrons. The maximum Gasteiger partial charge on any atom is 0.268 e. The Morgan fingerprint density at radius 3 is 1.47 bits per heavy atom. The van der Waals surface area contributed by atoms with E-state index in [0.29, 0.717) is 23.9 Å². The molecule has 0 aromatic carbocycles. The number of carbonyl (C=O) groups is 1. The first-order valence-electron chi connectivity index (χ1n) is 22.5. The Hall–Kier alpha value is -0.760. The van der Waals surface area contributed by atoms with Gasteiger partial charge in [-0.05, 0) is 38.5 Å². The first kappa shape index (κ1) is 52.2. The van der Waals surface area contributed by atoms with E-state index in [2.05, 4.69) is 31.3 Å². The van der Waals surface area contributed by atoms with Crippen LogP contribution in [0.1, 0.15) is 213 Å². The Labute approximate surface area is 329 Å². The molecule has 0 aliphatic carbocycles. The number of nitrogens with one attached hydrogen (secondary N) is 1. The van der Waals surface area contributed by atoms with Crippen LogP contribution >= 0.6 is 7.82 Å². The number of phosphoric ester groups is 1. The molecule has 1 unspecified atom stereocenters. The third-order valence-electron chi connectivity index (χ3n) is 10.3. The standard InChI is InChI=1S/C44H89N2O6P/c1-6-8-10-12-14-16-18-20-22-23-24-25-27-29-31-33-35-37-43(47)42(41-52-53(49,50)51-40-39-46(3,4)5)45-44(48)38-36-34-32-30-28-26-21-19-17-15-13-11-9-7-2/h27,29,42-43,47H,6-26,28,30-41H2,1-5H3,(H-,45,48,49,50)/b29-27+/t42-,43+/m0/s1. The zero-order valence-electron chi connectivity index (χ0n) is 35.7. The van der Waals surface area contributed by atoms with E-state index in [1.807, 2.05) is 21.1 Å². The average Bonchev–Trinajstić information content (AvgIpc) is 3.10. The highest BCUT2D eigenvalue weighted by molar-refractivity contribution is 7.45. The molecule has 0 radical (unpaired) electrons. The topological polar surface area (TPSA) is 108 Å².